The van der Waals surface area contributed by atoms with E-state index in [0.29, 0.717) is 11.3 Å². The van der Waals surface area contributed by atoms with Crippen molar-refractivity contribution in [1.82, 2.24) is 14.9 Å². The molecular weight excluding hydrogens is 316 g/mol. The molecule has 1 heterocycles. The monoisotopic (exact) mass is 332 g/mol. The van der Waals surface area contributed by atoms with Gasteiger partial charge in [0.2, 0.25) is 0 Å². The summed E-state index contributed by atoms with van der Waals surface area (Å²) in [5.74, 6) is -0.902. The molecule has 2 rings (SSSR count). The van der Waals surface area contributed by atoms with Gasteiger partial charge in [0.25, 0.3) is 5.91 Å². The molecule has 9 nitrogen and oxygen atoms in total. The van der Waals surface area contributed by atoms with Crippen LogP contribution < -0.4 is 5.32 Å². The number of rotatable bonds is 5. The zero-order valence-corrected chi connectivity index (χ0v) is 13.2. The van der Waals surface area contributed by atoms with Crippen LogP contribution in [0.15, 0.2) is 30.5 Å². The Morgan fingerprint density at radius 1 is 1.38 bits per heavy atom. The van der Waals surface area contributed by atoms with Crippen LogP contribution in [-0.4, -0.2) is 33.1 Å². The standard InChI is InChI=1S/C15H16N4O5/c1-10-4-3-5-12(8-10)13(20)17-15(21)24-7-6-18-11(2)9-16-14(18)19(22)23/h3-5,8-9H,6-7H2,1-2H3,(H,17,20,21). The van der Waals surface area contributed by atoms with Gasteiger partial charge in [0.05, 0.1) is 0 Å². The molecule has 9 heteroatoms. The first-order valence-corrected chi connectivity index (χ1v) is 7.10. The van der Waals surface area contributed by atoms with E-state index in [1.807, 2.05) is 13.0 Å². The van der Waals surface area contributed by atoms with Gasteiger partial charge in [0, 0.05) is 5.56 Å². The van der Waals surface area contributed by atoms with Gasteiger partial charge in [-0.05, 0) is 30.9 Å². The summed E-state index contributed by atoms with van der Waals surface area (Å²) in [5, 5.41) is 12.9. The van der Waals surface area contributed by atoms with Crippen LogP contribution in [0.2, 0.25) is 0 Å². The van der Waals surface area contributed by atoms with Crippen LogP contribution in [-0.2, 0) is 11.3 Å². The second kappa shape index (κ2) is 7.36. The fourth-order valence-corrected chi connectivity index (χ4v) is 2.09. The van der Waals surface area contributed by atoms with E-state index in [2.05, 4.69) is 10.3 Å². The highest BCUT2D eigenvalue weighted by Gasteiger charge is 2.18. The summed E-state index contributed by atoms with van der Waals surface area (Å²) < 4.78 is 6.20. The lowest BCUT2D eigenvalue weighted by Gasteiger charge is -2.07. The highest BCUT2D eigenvalue weighted by Crippen LogP contribution is 2.11. The fraction of sp³-hybridized carbons (Fsp3) is 0.267. The lowest BCUT2D eigenvalue weighted by Crippen LogP contribution is -2.31. The molecule has 0 atom stereocenters. The highest BCUT2D eigenvalue weighted by atomic mass is 16.6. The molecule has 1 aromatic carbocycles. The van der Waals surface area contributed by atoms with Crippen molar-refractivity contribution in [3.63, 3.8) is 0 Å². The summed E-state index contributed by atoms with van der Waals surface area (Å²) in [7, 11) is 0. The van der Waals surface area contributed by atoms with Crippen molar-refractivity contribution >= 4 is 17.9 Å². The average molecular weight is 332 g/mol. The van der Waals surface area contributed by atoms with Crippen LogP contribution in [0.4, 0.5) is 10.7 Å². The first kappa shape index (κ1) is 17.1. The number of imidazole rings is 1. The van der Waals surface area contributed by atoms with Crippen molar-refractivity contribution in [2.75, 3.05) is 6.61 Å². The van der Waals surface area contributed by atoms with Crippen molar-refractivity contribution in [2.24, 2.45) is 0 Å². The van der Waals surface area contributed by atoms with E-state index in [4.69, 9.17) is 4.74 Å². The van der Waals surface area contributed by atoms with Crippen LogP contribution in [0.5, 0.6) is 0 Å². The van der Waals surface area contributed by atoms with E-state index < -0.39 is 16.9 Å². The van der Waals surface area contributed by atoms with Crippen LogP contribution in [0.3, 0.4) is 0 Å². The van der Waals surface area contributed by atoms with Crippen molar-refractivity contribution in [2.45, 2.75) is 20.4 Å². The molecule has 2 aromatic rings. The molecule has 0 aliphatic carbocycles. The smallest absolute Gasteiger partial charge is 0.434 e. The van der Waals surface area contributed by atoms with Gasteiger partial charge in [-0.2, -0.15) is 0 Å². The van der Waals surface area contributed by atoms with Crippen molar-refractivity contribution < 1.29 is 19.2 Å². The molecule has 0 saturated carbocycles. The highest BCUT2D eigenvalue weighted by molar-refractivity contribution is 6.02. The Labute approximate surface area is 137 Å². The van der Waals surface area contributed by atoms with Gasteiger partial charge >= 0.3 is 12.0 Å². The lowest BCUT2D eigenvalue weighted by atomic mass is 10.1. The Kier molecular flexibility index (Phi) is 5.25. The third-order valence-electron chi connectivity index (χ3n) is 3.24. The van der Waals surface area contributed by atoms with Gasteiger partial charge in [-0.25, -0.2) is 9.36 Å². The Morgan fingerprint density at radius 3 is 2.79 bits per heavy atom. The summed E-state index contributed by atoms with van der Waals surface area (Å²) in [6, 6.07) is 6.75. The second-order valence-corrected chi connectivity index (χ2v) is 5.07. The van der Waals surface area contributed by atoms with Gasteiger partial charge in [-0.3, -0.25) is 10.1 Å². The van der Waals surface area contributed by atoms with Gasteiger partial charge in [-0.1, -0.05) is 22.7 Å². The maximum absolute atomic E-state index is 11.9. The second-order valence-electron chi connectivity index (χ2n) is 5.07. The van der Waals surface area contributed by atoms with Gasteiger partial charge in [0.1, 0.15) is 25.0 Å². The zero-order chi connectivity index (χ0) is 17.7. The molecule has 0 radical (unpaired) electrons. The first-order valence-electron chi connectivity index (χ1n) is 7.10. The maximum atomic E-state index is 11.9. The van der Waals surface area contributed by atoms with E-state index >= 15 is 0 Å². The van der Waals surface area contributed by atoms with Crippen LogP contribution in [0, 0.1) is 24.0 Å². The number of nitro groups is 1. The van der Waals surface area contributed by atoms with E-state index in [0.717, 1.165) is 5.56 Å². The molecule has 0 fully saturated rings. The maximum Gasteiger partial charge on any atom is 0.434 e. The molecule has 0 unspecified atom stereocenters. The number of hydrogen-bond donors (Lipinski definition) is 1. The Balaban J connectivity index is 1.87. The number of ether oxygens (including phenoxy) is 1. The van der Waals surface area contributed by atoms with Crippen molar-refractivity contribution in [3.05, 3.63) is 57.4 Å². The fourth-order valence-electron chi connectivity index (χ4n) is 2.09. The number of nitrogens with zero attached hydrogens (tertiary/aromatic N) is 3. The van der Waals surface area contributed by atoms with E-state index in [1.165, 1.54) is 10.8 Å². The van der Waals surface area contributed by atoms with Gasteiger partial charge in [0.15, 0.2) is 0 Å². The van der Waals surface area contributed by atoms with Crippen molar-refractivity contribution in [3.8, 4) is 0 Å². The summed E-state index contributed by atoms with van der Waals surface area (Å²) in [5.41, 5.74) is 1.80. The Hall–Kier alpha value is -3.23. The summed E-state index contributed by atoms with van der Waals surface area (Å²) in [4.78, 5) is 37.4. The predicted molar refractivity (Wildman–Crippen MR) is 83.6 cm³/mol. The summed E-state index contributed by atoms with van der Waals surface area (Å²) >= 11 is 0. The number of nitrogens with one attached hydrogen (secondary N) is 1. The normalized spacial score (nSPS) is 10.2. The lowest BCUT2D eigenvalue weighted by molar-refractivity contribution is -0.396. The first-order chi connectivity index (χ1) is 11.4. The Bertz CT molecular complexity index is 784. The molecule has 1 aromatic heterocycles. The summed E-state index contributed by atoms with van der Waals surface area (Å²) in [6.45, 7) is 3.41. The molecule has 24 heavy (non-hydrogen) atoms. The van der Waals surface area contributed by atoms with Crippen LogP contribution in [0.1, 0.15) is 21.6 Å². The van der Waals surface area contributed by atoms with Crippen LogP contribution in [0.25, 0.3) is 0 Å². The minimum Gasteiger partial charge on any atom is -0.446 e. The number of aryl methyl sites for hydroxylation is 2. The molecule has 0 spiro atoms. The molecule has 0 saturated heterocycles. The molecule has 0 aliphatic rings. The number of alkyl carbamates (subject to hydrolysis) is 1. The number of carbonyl (C=O) groups is 2. The van der Waals surface area contributed by atoms with E-state index in [9.17, 15) is 19.7 Å². The number of imide groups is 1. The summed E-state index contributed by atoms with van der Waals surface area (Å²) in [6.07, 6.45) is 0.446. The van der Waals surface area contributed by atoms with Gasteiger partial charge in [-0.15, -0.1) is 0 Å². The van der Waals surface area contributed by atoms with Gasteiger partial charge < -0.3 is 14.9 Å². The quantitative estimate of drug-likeness (QED) is 0.661. The third-order valence-corrected chi connectivity index (χ3v) is 3.24. The molecule has 2 amide bonds. The van der Waals surface area contributed by atoms with E-state index in [-0.39, 0.29) is 19.1 Å². The number of hydrogen-bond acceptors (Lipinski definition) is 6. The number of aromatic nitrogens is 2. The number of carbonyl (C=O) groups excluding carboxylic acids is 2. The van der Waals surface area contributed by atoms with Crippen molar-refractivity contribution in [1.29, 1.82) is 0 Å². The molecule has 126 valence electrons. The zero-order valence-electron chi connectivity index (χ0n) is 13.2. The number of amides is 2. The molecule has 0 bridgehead atoms. The topological polar surface area (TPSA) is 116 Å². The minimum absolute atomic E-state index is 0.0637. The number of benzene rings is 1. The predicted octanol–water partition coefficient (Wildman–Crippen LogP) is 1.97. The minimum atomic E-state index is -0.915. The average Bonchev–Trinajstić information content (AvgIpc) is 2.88. The largest absolute Gasteiger partial charge is 0.446 e. The Morgan fingerprint density at radius 2 is 2.12 bits per heavy atom. The van der Waals surface area contributed by atoms with Crippen LogP contribution >= 0.6 is 0 Å². The third kappa shape index (κ3) is 4.15. The SMILES string of the molecule is Cc1cccc(C(=O)NC(=O)OCCn2c(C)cnc2[N+](=O)[O-])c1. The van der Waals surface area contributed by atoms with E-state index in [1.54, 1.807) is 25.1 Å². The molecule has 0 aliphatic heterocycles. The molecular formula is C15H16N4O5. The molecule has 1 N–H and O–H groups in total.